The molecule has 1 aromatic carbocycles. The van der Waals surface area contributed by atoms with Gasteiger partial charge in [0.2, 0.25) is 10.0 Å². The summed E-state index contributed by atoms with van der Waals surface area (Å²) in [5.74, 6) is 0. The summed E-state index contributed by atoms with van der Waals surface area (Å²) in [6.07, 6.45) is 4.54. The first-order valence-electron chi connectivity index (χ1n) is 6.27. The van der Waals surface area contributed by atoms with E-state index in [-0.39, 0.29) is 10.3 Å². The first-order valence-corrected chi connectivity index (χ1v) is 8.93. The Kier molecular flexibility index (Phi) is 4.60. The molecule has 1 saturated carbocycles. The fourth-order valence-corrected chi connectivity index (χ4v) is 4.28. The SMILES string of the molecule is CC1(CNS(=O)(=O)c2ccc(Cl)c(Br)c2)CCCC1. The molecular formula is C13H17BrClNO2S. The van der Waals surface area contributed by atoms with Gasteiger partial charge < -0.3 is 0 Å². The monoisotopic (exact) mass is 365 g/mol. The smallest absolute Gasteiger partial charge is 0.211 e. The summed E-state index contributed by atoms with van der Waals surface area (Å²) in [5, 5.41) is 0.502. The Balaban J connectivity index is 2.11. The predicted octanol–water partition coefficient (Wildman–Crippen LogP) is 3.96. The molecule has 0 radical (unpaired) electrons. The van der Waals surface area contributed by atoms with Crippen molar-refractivity contribution >= 4 is 37.6 Å². The molecule has 1 aromatic rings. The van der Waals surface area contributed by atoms with E-state index in [1.807, 2.05) is 0 Å². The van der Waals surface area contributed by atoms with Gasteiger partial charge in [0, 0.05) is 11.0 Å². The second-order valence-corrected chi connectivity index (χ2v) is 8.45. The van der Waals surface area contributed by atoms with Gasteiger partial charge >= 0.3 is 0 Å². The molecule has 19 heavy (non-hydrogen) atoms. The molecule has 0 amide bonds. The number of rotatable bonds is 4. The van der Waals surface area contributed by atoms with Crippen LogP contribution in [-0.4, -0.2) is 15.0 Å². The zero-order chi connectivity index (χ0) is 14.1. The molecule has 0 aliphatic heterocycles. The lowest BCUT2D eigenvalue weighted by molar-refractivity contribution is 0.336. The molecular weight excluding hydrogens is 350 g/mol. The highest BCUT2D eigenvalue weighted by molar-refractivity contribution is 9.10. The highest BCUT2D eigenvalue weighted by atomic mass is 79.9. The van der Waals surface area contributed by atoms with Crippen molar-refractivity contribution in [3.63, 3.8) is 0 Å². The molecule has 0 unspecified atom stereocenters. The molecule has 0 atom stereocenters. The van der Waals surface area contributed by atoms with Crippen molar-refractivity contribution in [1.29, 1.82) is 0 Å². The van der Waals surface area contributed by atoms with Gasteiger partial charge in [0.25, 0.3) is 0 Å². The summed E-state index contributed by atoms with van der Waals surface area (Å²) in [6, 6.07) is 4.63. The molecule has 0 spiro atoms. The van der Waals surface area contributed by atoms with Gasteiger partial charge in [-0.25, -0.2) is 13.1 Å². The number of halogens is 2. The minimum atomic E-state index is -3.46. The molecule has 0 bridgehead atoms. The van der Waals surface area contributed by atoms with E-state index in [1.54, 1.807) is 6.07 Å². The van der Waals surface area contributed by atoms with Gasteiger partial charge in [0.15, 0.2) is 0 Å². The van der Waals surface area contributed by atoms with E-state index in [9.17, 15) is 8.42 Å². The van der Waals surface area contributed by atoms with Crippen LogP contribution in [0.1, 0.15) is 32.6 Å². The quantitative estimate of drug-likeness (QED) is 0.876. The molecule has 6 heteroatoms. The standard InChI is InChI=1S/C13H17BrClNO2S/c1-13(6-2-3-7-13)9-16-19(17,18)10-4-5-12(15)11(14)8-10/h4-5,8,16H,2-3,6-7,9H2,1H3. The average Bonchev–Trinajstić information content (AvgIpc) is 2.78. The number of hydrogen-bond donors (Lipinski definition) is 1. The zero-order valence-corrected chi connectivity index (χ0v) is 13.9. The first kappa shape index (κ1) is 15.3. The highest BCUT2D eigenvalue weighted by Crippen LogP contribution is 2.37. The third kappa shape index (κ3) is 3.72. The van der Waals surface area contributed by atoms with E-state index in [4.69, 9.17) is 11.6 Å². The molecule has 0 heterocycles. The number of nitrogens with one attached hydrogen (secondary N) is 1. The van der Waals surface area contributed by atoms with Crippen LogP contribution in [0.15, 0.2) is 27.6 Å². The molecule has 2 rings (SSSR count). The lowest BCUT2D eigenvalue weighted by Gasteiger charge is -2.23. The van der Waals surface area contributed by atoms with E-state index >= 15 is 0 Å². The third-order valence-electron chi connectivity index (χ3n) is 3.70. The predicted molar refractivity (Wildman–Crippen MR) is 80.9 cm³/mol. The summed E-state index contributed by atoms with van der Waals surface area (Å²) in [6.45, 7) is 2.63. The maximum Gasteiger partial charge on any atom is 0.240 e. The van der Waals surface area contributed by atoms with Gasteiger partial charge in [-0.3, -0.25) is 0 Å². The number of hydrogen-bond acceptors (Lipinski definition) is 2. The Bertz CT molecular complexity index is 568. The van der Waals surface area contributed by atoms with Crippen LogP contribution < -0.4 is 4.72 Å². The third-order valence-corrected chi connectivity index (χ3v) is 6.31. The summed E-state index contributed by atoms with van der Waals surface area (Å²) >= 11 is 9.11. The topological polar surface area (TPSA) is 46.2 Å². The van der Waals surface area contributed by atoms with Crippen LogP contribution in [0.5, 0.6) is 0 Å². The Morgan fingerprint density at radius 1 is 1.37 bits per heavy atom. The van der Waals surface area contributed by atoms with E-state index in [2.05, 4.69) is 27.6 Å². The Morgan fingerprint density at radius 2 is 2.00 bits per heavy atom. The van der Waals surface area contributed by atoms with Gasteiger partial charge in [-0.05, 0) is 52.4 Å². The minimum absolute atomic E-state index is 0.0940. The van der Waals surface area contributed by atoms with Crippen LogP contribution in [0.25, 0.3) is 0 Å². The van der Waals surface area contributed by atoms with Crippen LogP contribution in [0.2, 0.25) is 5.02 Å². The molecule has 1 fully saturated rings. The highest BCUT2D eigenvalue weighted by Gasteiger charge is 2.30. The fourth-order valence-electron chi connectivity index (χ4n) is 2.40. The number of benzene rings is 1. The zero-order valence-electron chi connectivity index (χ0n) is 10.7. The van der Waals surface area contributed by atoms with Crippen LogP contribution >= 0.6 is 27.5 Å². The summed E-state index contributed by atoms with van der Waals surface area (Å²) in [4.78, 5) is 0.241. The van der Waals surface area contributed by atoms with Crippen molar-refractivity contribution in [2.24, 2.45) is 5.41 Å². The van der Waals surface area contributed by atoms with Crippen LogP contribution in [0.4, 0.5) is 0 Å². The second-order valence-electron chi connectivity index (χ2n) is 5.42. The lowest BCUT2D eigenvalue weighted by atomic mass is 9.89. The normalized spacial score (nSPS) is 18.7. The molecule has 1 N–H and O–H groups in total. The second kappa shape index (κ2) is 5.72. The van der Waals surface area contributed by atoms with Crippen LogP contribution in [0.3, 0.4) is 0 Å². The molecule has 106 valence electrons. The lowest BCUT2D eigenvalue weighted by Crippen LogP contribution is -2.34. The molecule has 3 nitrogen and oxygen atoms in total. The van der Waals surface area contributed by atoms with Crippen molar-refractivity contribution in [3.05, 3.63) is 27.7 Å². The maximum absolute atomic E-state index is 12.2. The van der Waals surface area contributed by atoms with Crippen molar-refractivity contribution in [2.75, 3.05) is 6.54 Å². The van der Waals surface area contributed by atoms with E-state index in [0.29, 0.717) is 16.0 Å². The van der Waals surface area contributed by atoms with Gasteiger partial charge in [-0.2, -0.15) is 0 Å². The average molecular weight is 367 g/mol. The van der Waals surface area contributed by atoms with Crippen LogP contribution in [-0.2, 0) is 10.0 Å². The van der Waals surface area contributed by atoms with Crippen LogP contribution in [0, 0.1) is 5.41 Å². The Hall–Kier alpha value is -0.100. The van der Waals surface area contributed by atoms with Gasteiger partial charge in [0.1, 0.15) is 0 Å². The summed E-state index contributed by atoms with van der Waals surface area (Å²) in [5.41, 5.74) is 0.0940. The van der Waals surface area contributed by atoms with E-state index in [0.717, 1.165) is 12.8 Å². The Morgan fingerprint density at radius 3 is 2.58 bits per heavy atom. The Labute approximate surface area is 127 Å². The molecule has 0 aromatic heterocycles. The van der Waals surface area contributed by atoms with E-state index < -0.39 is 10.0 Å². The first-order chi connectivity index (χ1) is 8.82. The van der Waals surface area contributed by atoms with Crippen molar-refractivity contribution in [3.8, 4) is 0 Å². The molecule has 0 saturated heterocycles. The molecule has 1 aliphatic rings. The van der Waals surface area contributed by atoms with Gasteiger partial charge in [0.05, 0.1) is 9.92 Å². The van der Waals surface area contributed by atoms with Crippen molar-refractivity contribution in [1.82, 2.24) is 4.72 Å². The largest absolute Gasteiger partial charge is 0.240 e. The van der Waals surface area contributed by atoms with Crippen molar-refractivity contribution < 1.29 is 8.42 Å². The molecule has 1 aliphatic carbocycles. The fraction of sp³-hybridized carbons (Fsp3) is 0.538. The van der Waals surface area contributed by atoms with Gasteiger partial charge in [-0.1, -0.05) is 31.4 Å². The maximum atomic E-state index is 12.2. The van der Waals surface area contributed by atoms with E-state index in [1.165, 1.54) is 25.0 Å². The number of sulfonamides is 1. The van der Waals surface area contributed by atoms with Gasteiger partial charge in [-0.15, -0.1) is 0 Å². The summed E-state index contributed by atoms with van der Waals surface area (Å²) in [7, 11) is -3.46. The van der Waals surface area contributed by atoms with Crippen molar-refractivity contribution in [2.45, 2.75) is 37.5 Å². The minimum Gasteiger partial charge on any atom is -0.211 e. The summed E-state index contributed by atoms with van der Waals surface area (Å²) < 4.78 is 27.7.